The highest BCUT2D eigenvalue weighted by Gasteiger charge is 2.39. The Morgan fingerprint density at radius 1 is 1.40 bits per heavy atom. The summed E-state index contributed by atoms with van der Waals surface area (Å²) in [6.45, 7) is 5.29. The summed E-state index contributed by atoms with van der Waals surface area (Å²) in [7, 11) is 0. The number of halogens is 1. The van der Waals surface area contributed by atoms with Crippen LogP contribution in [-0.4, -0.2) is 23.4 Å². The van der Waals surface area contributed by atoms with Crippen LogP contribution in [0.3, 0.4) is 0 Å². The Morgan fingerprint density at radius 2 is 2.15 bits per heavy atom. The van der Waals surface area contributed by atoms with E-state index >= 15 is 0 Å². The van der Waals surface area contributed by atoms with E-state index in [0.29, 0.717) is 17.0 Å². The summed E-state index contributed by atoms with van der Waals surface area (Å²) in [5.74, 6) is 0.320. The molecule has 2 unspecified atom stereocenters. The number of hydrogen-bond donors (Lipinski definition) is 2. The van der Waals surface area contributed by atoms with Crippen LogP contribution in [0.1, 0.15) is 47.1 Å². The molecule has 3 rings (SSSR count). The first-order valence-corrected chi connectivity index (χ1v) is 9.74. The molecule has 1 aliphatic carbocycles. The number of thiophene rings is 1. The van der Waals surface area contributed by atoms with Crippen LogP contribution in [0.25, 0.3) is 0 Å². The Hall–Kier alpha value is 0.120. The third-order valence-electron chi connectivity index (χ3n) is 3.96. The maximum atomic E-state index is 12.5. The molecule has 1 aromatic heterocycles. The molecule has 0 saturated carbocycles. The number of fused-ring (bicyclic) bond motifs is 1. The highest BCUT2D eigenvalue weighted by Crippen LogP contribution is 2.47. The average molecular weight is 375 g/mol. The van der Waals surface area contributed by atoms with Gasteiger partial charge in [-0.2, -0.15) is 0 Å². The van der Waals surface area contributed by atoms with Gasteiger partial charge in [-0.05, 0) is 23.7 Å². The second kappa shape index (κ2) is 5.39. The number of carbonyl (C=O) groups is 1. The van der Waals surface area contributed by atoms with Crippen molar-refractivity contribution in [1.29, 1.82) is 0 Å². The predicted octanol–water partition coefficient (Wildman–Crippen LogP) is 3.54. The molecule has 3 nitrogen and oxygen atoms in total. The SMILES string of the molecule is CSc1sc(C2NNCC2Br)c2c1C(=O)CC(C)(C)C2. The van der Waals surface area contributed by atoms with E-state index in [1.165, 1.54) is 14.6 Å². The van der Waals surface area contributed by atoms with E-state index in [1.807, 2.05) is 0 Å². The number of hydrogen-bond acceptors (Lipinski definition) is 5. The number of carbonyl (C=O) groups excluding carboxylic acids is 1. The van der Waals surface area contributed by atoms with Crippen molar-refractivity contribution < 1.29 is 4.79 Å². The third kappa shape index (κ3) is 2.50. The van der Waals surface area contributed by atoms with Gasteiger partial charge in [0.2, 0.25) is 0 Å². The van der Waals surface area contributed by atoms with Crippen LogP contribution in [0.2, 0.25) is 0 Å². The van der Waals surface area contributed by atoms with Crippen molar-refractivity contribution in [2.24, 2.45) is 5.41 Å². The molecule has 0 bridgehead atoms. The van der Waals surface area contributed by atoms with Crippen LogP contribution in [-0.2, 0) is 6.42 Å². The molecule has 20 heavy (non-hydrogen) atoms. The molecule has 0 aromatic carbocycles. The molecule has 0 spiro atoms. The molecule has 0 amide bonds. The molecule has 2 N–H and O–H groups in total. The van der Waals surface area contributed by atoms with Gasteiger partial charge < -0.3 is 0 Å². The maximum absolute atomic E-state index is 12.5. The van der Waals surface area contributed by atoms with Crippen LogP contribution in [0, 0.1) is 5.41 Å². The van der Waals surface area contributed by atoms with E-state index in [0.717, 1.165) is 18.5 Å². The number of Topliss-reactive ketones (excluding diaryl/α,β-unsaturated/α-hetero) is 1. The molecule has 1 saturated heterocycles. The van der Waals surface area contributed by atoms with Crippen LogP contribution in [0.15, 0.2) is 4.21 Å². The zero-order valence-corrected chi connectivity index (χ0v) is 15.1. The van der Waals surface area contributed by atoms with Gasteiger partial charge in [0, 0.05) is 23.4 Å². The summed E-state index contributed by atoms with van der Waals surface area (Å²) in [5, 5.41) is 0. The van der Waals surface area contributed by atoms with Crippen molar-refractivity contribution in [3.63, 3.8) is 0 Å². The highest BCUT2D eigenvalue weighted by atomic mass is 79.9. The molecule has 1 aromatic rings. The second-order valence-corrected chi connectivity index (χ2v) is 9.57. The van der Waals surface area contributed by atoms with Crippen LogP contribution >= 0.6 is 39.0 Å². The number of rotatable bonds is 2. The number of nitrogens with one attached hydrogen (secondary N) is 2. The second-order valence-electron chi connectivity index (χ2n) is 6.27. The summed E-state index contributed by atoms with van der Waals surface area (Å²) in [6.07, 6.45) is 3.73. The summed E-state index contributed by atoms with van der Waals surface area (Å²) in [5.41, 5.74) is 8.91. The van der Waals surface area contributed by atoms with E-state index in [4.69, 9.17) is 0 Å². The molecule has 6 heteroatoms. The van der Waals surface area contributed by atoms with Gasteiger partial charge in [-0.1, -0.05) is 29.8 Å². The zero-order chi connectivity index (χ0) is 14.5. The lowest BCUT2D eigenvalue weighted by Crippen LogP contribution is -2.29. The Bertz CT molecular complexity index is 556. The molecular formula is C14H19BrN2OS2. The first-order chi connectivity index (χ1) is 9.43. The minimum atomic E-state index is 0.0728. The number of ketones is 1. The topological polar surface area (TPSA) is 41.1 Å². The summed E-state index contributed by atoms with van der Waals surface area (Å²) in [4.78, 5) is 14.2. The number of alkyl halides is 1. The van der Waals surface area contributed by atoms with Crippen molar-refractivity contribution in [2.45, 2.75) is 41.8 Å². The Balaban J connectivity index is 2.10. The molecule has 110 valence electrons. The molecule has 1 fully saturated rings. The molecule has 2 heterocycles. The van der Waals surface area contributed by atoms with Crippen molar-refractivity contribution >= 4 is 44.8 Å². The lowest BCUT2D eigenvalue weighted by Gasteiger charge is -2.30. The Morgan fingerprint density at radius 3 is 2.75 bits per heavy atom. The van der Waals surface area contributed by atoms with E-state index in [1.54, 1.807) is 23.1 Å². The normalized spacial score (nSPS) is 28.7. The van der Waals surface area contributed by atoms with Gasteiger partial charge in [0.1, 0.15) is 0 Å². The fraction of sp³-hybridized carbons (Fsp3) is 0.643. The largest absolute Gasteiger partial charge is 0.294 e. The Labute approximate surface area is 136 Å². The van der Waals surface area contributed by atoms with E-state index in [-0.39, 0.29) is 11.5 Å². The van der Waals surface area contributed by atoms with Crippen molar-refractivity contribution in [1.82, 2.24) is 10.9 Å². The monoisotopic (exact) mass is 374 g/mol. The maximum Gasteiger partial charge on any atom is 0.165 e. The van der Waals surface area contributed by atoms with Crippen molar-refractivity contribution in [2.75, 3.05) is 12.8 Å². The Kier molecular flexibility index (Phi) is 4.05. The van der Waals surface area contributed by atoms with Gasteiger partial charge >= 0.3 is 0 Å². The summed E-state index contributed by atoms with van der Waals surface area (Å²) in [6, 6.07) is 0.261. The molecular weight excluding hydrogens is 356 g/mol. The van der Waals surface area contributed by atoms with Crippen LogP contribution in [0.5, 0.6) is 0 Å². The number of hydrazine groups is 1. The first-order valence-electron chi connectivity index (χ1n) is 6.78. The van der Waals surface area contributed by atoms with Crippen molar-refractivity contribution in [3.05, 3.63) is 16.0 Å². The van der Waals surface area contributed by atoms with E-state index < -0.39 is 0 Å². The summed E-state index contributed by atoms with van der Waals surface area (Å²) >= 11 is 7.23. The smallest absolute Gasteiger partial charge is 0.165 e. The van der Waals surface area contributed by atoms with Gasteiger partial charge in [0.25, 0.3) is 0 Å². The molecule has 2 atom stereocenters. The standard InChI is InChI=1S/C14H19BrN2OS2/c1-14(2)4-7-10(9(18)5-14)13(19-3)20-12(7)11-8(15)6-16-17-11/h8,11,16-17H,4-6H2,1-3H3. The van der Waals surface area contributed by atoms with Gasteiger partial charge in [-0.15, -0.1) is 23.1 Å². The minimum absolute atomic E-state index is 0.0728. The van der Waals surface area contributed by atoms with Crippen LogP contribution < -0.4 is 10.9 Å². The minimum Gasteiger partial charge on any atom is -0.294 e. The van der Waals surface area contributed by atoms with Crippen molar-refractivity contribution in [3.8, 4) is 0 Å². The highest BCUT2D eigenvalue weighted by molar-refractivity contribution is 9.09. The third-order valence-corrected chi connectivity index (χ3v) is 7.25. The van der Waals surface area contributed by atoms with Gasteiger partial charge in [0.15, 0.2) is 5.78 Å². The van der Waals surface area contributed by atoms with Gasteiger partial charge in [-0.3, -0.25) is 10.2 Å². The average Bonchev–Trinajstić information content (AvgIpc) is 2.91. The number of thioether (sulfide) groups is 1. The van der Waals surface area contributed by atoms with E-state index in [2.05, 4.69) is 46.9 Å². The molecule has 1 aliphatic heterocycles. The molecule has 0 radical (unpaired) electrons. The fourth-order valence-electron chi connectivity index (χ4n) is 3.08. The predicted molar refractivity (Wildman–Crippen MR) is 89.1 cm³/mol. The lowest BCUT2D eigenvalue weighted by molar-refractivity contribution is 0.0909. The quantitative estimate of drug-likeness (QED) is 0.613. The summed E-state index contributed by atoms with van der Waals surface area (Å²) < 4.78 is 1.18. The van der Waals surface area contributed by atoms with E-state index in [9.17, 15) is 4.79 Å². The first kappa shape index (κ1) is 15.0. The molecule has 2 aliphatic rings. The van der Waals surface area contributed by atoms with Crippen LogP contribution in [0.4, 0.5) is 0 Å². The fourth-order valence-corrected chi connectivity index (χ4v) is 6.04. The zero-order valence-electron chi connectivity index (χ0n) is 11.9. The van der Waals surface area contributed by atoms with Gasteiger partial charge in [-0.25, -0.2) is 5.43 Å². The van der Waals surface area contributed by atoms with Gasteiger partial charge in [0.05, 0.1) is 15.1 Å². The lowest BCUT2D eigenvalue weighted by atomic mass is 9.74.